The van der Waals surface area contributed by atoms with Crippen LogP contribution in [0.5, 0.6) is 0 Å². The number of nitrogens with zero attached hydrogens (tertiary/aromatic N) is 4. The summed E-state index contributed by atoms with van der Waals surface area (Å²) in [7, 11) is 0. The molecule has 1 spiro atoms. The third-order valence-corrected chi connectivity index (χ3v) is 12.8. The molecule has 0 atom stereocenters. The minimum atomic E-state index is -0.486. The maximum absolute atomic E-state index is 5.25. The molecule has 10 rings (SSSR count). The maximum Gasteiger partial charge on any atom is 0.164 e. The van der Waals surface area contributed by atoms with Crippen LogP contribution in [0.1, 0.15) is 75.2 Å². The van der Waals surface area contributed by atoms with Crippen LogP contribution in [-0.2, 0) is 16.2 Å². The molecule has 6 aromatic carbocycles. The molecule has 0 bridgehead atoms. The van der Waals surface area contributed by atoms with Crippen LogP contribution >= 0.6 is 11.8 Å². The van der Waals surface area contributed by atoms with E-state index in [1.54, 1.807) is 0 Å². The van der Waals surface area contributed by atoms with Crippen LogP contribution in [0.2, 0.25) is 0 Å². The average Bonchev–Trinajstić information content (AvgIpc) is 3.53. The van der Waals surface area contributed by atoms with Gasteiger partial charge in [0.15, 0.2) is 17.5 Å². The van der Waals surface area contributed by atoms with Gasteiger partial charge in [-0.3, -0.25) is 4.98 Å². The van der Waals surface area contributed by atoms with Gasteiger partial charge in [-0.05, 0) is 63.2 Å². The Bertz CT molecular complexity index is 2840. The van der Waals surface area contributed by atoms with Crippen molar-refractivity contribution in [1.29, 1.82) is 0 Å². The number of hydrogen-bond acceptors (Lipinski definition) is 5. The Kier molecular flexibility index (Phi) is 8.40. The van der Waals surface area contributed by atoms with Gasteiger partial charge in [-0.1, -0.05) is 187 Å². The van der Waals surface area contributed by atoms with Gasteiger partial charge in [-0.25, -0.2) is 15.0 Å². The predicted molar refractivity (Wildman–Crippen MR) is 238 cm³/mol. The summed E-state index contributed by atoms with van der Waals surface area (Å²) < 4.78 is 0. The van der Waals surface area contributed by atoms with Crippen molar-refractivity contribution in [2.45, 2.75) is 67.6 Å². The number of rotatable bonds is 4. The number of hydrogen-bond donors (Lipinski definition) is 0. The highest BCUT2D eigenvalue weighted by atomic mass is 32.2. The molecule has 8 aromatic rings. The van der Waals surface area contributed by atoms with Gasteiger partial charge in [0.05, 0.1) is 11.1 Å². The lowest BCUT2D eigenvalue weighted by atomic mass is 9.67. The summed E-state index contributed by atoms with van der Waals surface area (Å²) in [4.78, 5) is 23.3. The molecular weight excluding hydrogens is 725 g/mol. The monoisotopic (exact) mass is 768 g/mol. The lowest BCUT2D eigenvalue weighted by molar-refractivity contribution is 0.532. The molecule has 0 N–H and O–H groups in total. The van der Waals surface area contributed by atoms with Crippen molar-refractivity contribution in [1.82, 2.24) is 19.9 Å². The van der Waals surface area contributed by atoms with Gasteiger partial charge in [-0.15, -0.1) is 0 Å². The van der Waals surface area contributed by atoms with Crippen molar-refractivity contribution in [2.24, 2.45) is 0 Å². The Labute approximate surface area is 345 Å². The highest BCUT2D eigenvalue weighted by molar-refractivity contribution is 7.99. The van der Waals surface area contributed by atoms with Crippen LogP contribution in [0, 0.1) is 0 Å². The first-order valence-electron chi connectivity index (χ1n) is 20.1. The van der Waals surface area contributed by atoms with E-state index >= 15 is 0 Å². The molecule has 3 heterocycles. The second-order valence-corrected chi connectivity index (χ2v) is 18.6. The minimum Gasteiger partial charge on any atom is -0.256 e. The van der Waals surface area contributed by atoms with Gasteiger partial charge >= 0.3 is 0 Å². The lowest BCUT2D eigenvalue weighted by Crippen LogP contribution is -2.32. The van der Waals surface area contributed by atoms with Crippen LogP contribution in [0.15, 0.2) is 168 Å². The molecule has 1 aliphatic carbocycles. The van der Waals surface area contributed by atoms with E-state index < -0.39 is 5.41 Å². The fourth-order valence-corrected chi connectivity index (χ4v) is 10.00. The van der Waals surface area contributed by atoms with E-state index in [-0.39, 0.29) is 10.8 Å². The number of benzene rings is 6. The van der Waals surface area contributed by atoms with Crippen molar-refractivity contribution in [3.05, 3.63) is 191 Å². The average molecular weight is 769 g/mol. The standard InChI is InChI=1S/C53H44N4S/c1-51(2,3)46-31-29-37(47(54-46)52(4,5)6)33-24-26-35(27-25-33)49-55-48(34-16-8-7-9-17-34)56-50(57-49)36-28-30-45-43(32-36)53(42-22-14-15-23-44(42)58-45)40-20-12-10-18-38(40)39-19-11-13-21-41(39)53/h7-32H,1-6H3. The Balaban J connectivity index is 1.13. The maximum atomic E-state index is 5.25. The van der Waals surface area contributed by atoms with Gasteiger partial charge < -0.3 is 0 Å². The molecular formula is C53H44N4S. The van der Waals surface area contributed by atoms with Gasteiger partial charge in [0, 0.05) is 48.6 Å². The molecule has 0 amide bonds. The molecule has 282 valence electrons. The molecule has 2 aliphatic rings. The zero-order chi connectivity index (χ0) is 39.8. The fraction of sp³-hybridized carbons (Fsp3) is 0.170. The van der Waals surface area contributed by atoms with Crippen molar-refractivity contribution in [3.8, 4) is 56.4 Å². The minimum absolute atomic E-state index is 0.0384. The summed E-state index contributed by atoms with van der Waals surface area (Å²) in [5.74, 6) is 1.92. The van der Waals surface area contributed by atoms with Crippen molar-refractivity contribution < 1.29 is 0 Å². The van der Waals surface area contributed by atoms with Crippen molar-refractivity contribution >= 4 is 11.8 Å². The SMILES string of the molecule is CC(C)(C)c1ccc(-c2ccc(-c3nc(-c4ccccc4)nc(-c4ccc5c(c4)C4(c6ccccc6S5)c5ccccc5-c5ccccc54)n3)cc2)c(C(C)(C)C)n1. The topological polar surface area (TPSA) is 51.6 Å². The second kappa shape index (κ2) is 13.5. The van der Waals surface area contributed by atoms with E-state index in [9.17, 15) is 0 Å². The van der Waals surface area contributed by atoms with E-state index in [0.29, 0.717) is 17.5 Å². The van der Waals surface area contributed by atoms with Crippen molar-refractivity contribution in [3.63, 3.8) is 0 Å². The van der Waals surface area contributed by atoms with Crippen molar-refractivity contribution in [2.75, 3.05) is 0 Å². The Morgan fingerprint density at radius 1 is 0.379 bits per heavy atom. The molecule has 1 aliphatic heterocycles. The highest BCUT2D eigenvalue weighted by Gasteiger charge is 2.50. The zero-order valence-electron chi connectivity index (χ0n) is 33.7. The molecule has 0 saturated carbocycles. The van der Waals surface area contributed by atoms with E-state index in [0.717, 1.165) is 39.2 Å². The first kappa shape index (κ1) is 36.2. The summed E-state index contributed by atoms with van der Waals surface area (Å²) >= 11 is 1.84. The Morgan fingerprint density at radius 3 is 1.50 bits per heavy atom. The van der Waals surface area contributed by atoms with E-state index in [1.807, 2.05) is 30.0 Å². The summed E-state index contributed by atoms with van der Waals surface area (Å²) in [5, 5.41) is 0. The van der Waals surface area contributed by atoms with Crippen LogP contribution in [0.25, 0.3) is 56.4 Å². The molecule has 0 fully saturated rings. The Hall–Kier alpha value is -6.17. The summed E-state index contributed by atoms with van der Waals surface area (Å²) in [6, 6.07) is 56.8. The summed E-state index contributed by atoms with van der Waals surface area (Å²) in [6.07, 6.45) is 0. The normalized spacial score (nSPS) is 13.8. The molecule has 4 nitrogen and oxygen atoms in total. The summed E-state index contributed by atoms with van der Waals surface area (Å²) in [6.45, 7) is 13.4. The van der Waals surface area contributed by atoms with Gasteiger partial charge in [0.1, 0.15) is 0 Å². The van der Waals surface area contributed by atoms with E-state index in [2.05, 4.69) is 181 Å². The van der Waals surface area contributed by atoms with Gasteiger partial charge in [0.25, 0.3) is 0 Å². The van der Waals surface area contributed by atoms with Crippen LogP contribution in [-0.4, -0.2) is 19.9 Å². The number of fused-ring (bicyclic) bond motifs is 9. The zero-order valence-corrected chi connectivity index (χ0v) is 34.5. The van der Waals surface area contributed by atoms with Crippen LogP contribution < -0.4 is 0 Å². The highest BCUT2D eigenvalue weighted by Crippen LogP contribution is 2.62. The van der Waals surface area contributed by atoms with Gasteiger partial charge in [-0.2, -0.15) is 0 Å². The third kappa shape index (κ3) is 5.82. The van der Waals surface area contributed by atoms with E-state index in [4.69, 9.17) is 19.9 Å². The number of aromatic nitrogens is 4. The lowest BCUT2D eigenvalue weighted by Gasteiger charge is -2.39. The second-order valence-electron chi connectivity index (χ2n) is 17.5. The van der Waals surface area contributed by atoms with Crippen LogP contribution in [0.4, 0.5) is 0 Å². The Morgan fingerprint density at radius 2 is 0.879 bits per heavy atom. The first-order chi connectivity index (χ1) is 28.0. The predicted octanol–water partition coefficient (Wildman–Crippen LogP) is 13.4. The smallest absolute Gasteiger partial charge is 0.164 e. The molecule has 0 saturated heterocycles. The van der Waals surface area contributed by atoms with Gasteiger partial charge in [0.2, 0.25) is 0 Å². The fourth-order valence-electron chi connectivity index (χ4n) is 8.83. The quantitative estimate of drug-likeness (QED) is 0.178. The third-order valence-electron chi connectivity index (χ3n) is 11.6. The summed E-state index contributed by atoms with van der Waals surface area (Å²) in [5.41, 5.74) is 14.4. The number of pyridine rings is 1. The molecule has 0 radical (unpaired) electrons. The molecule has 2 aromatic heterocycles. The molecule has 58 heavy (non-hydrogen) atoms. The van der Waals surface area contributed by atoms with Crippen LogP contribution in [0.3, 0.4) is 0 Å². The molecule has 0 unspecified atom stereocenters. The largest absolute Gasteiger partial charge is 0.256 e. The first-order valence-corrected chi connectivity index (χ1v) is 20.9. The molecule has 5 heteroatoms. The van der Waals surface area contributed by atoms with E-state index in [1.165, 1.54) is 43.2 Å².